The van der Waals surface area contributed by atoms with E-state index in [-0.39, 0.29) is 0 Å². The molecule has 1 aromatic heterocycles. The van der Waals surface area contributed by atoms with Crippen molar-refractivity contribution >= 4 is 0 Å². The number of benzene rings is 1. The molecule has 0 aliphatic rings. The Kier molecular flexibility index (Phi) is 2.82. The SMILES string of the molecule is Cc1cc(Cc2ccccc2C)ccn1. The molecule has 0 radical (unpaired) electrons. The molecule has 0 aliphatic heterocycles. The van der Waals surface area contributed by atoms with Crippen LogP contribution in [0.15, 0.2) is 42.6 Å². The molecule has 0 aliphatic carbocycles. The van der Waals surface area contributed by atoms with Crippen LogP contribution in [0.5, 0.6) is 0 Å². The van der Waals surface area contributed by atoms with E-state index < -0.39 is 0 Å². The molecule has 1 aromatic carbocycles. The smallest absolute Gasteiger partial charge is 0.0375 e. The van der Waals surface area contributed by atoms with Crippen molar-refractivity contribution in [3.63, 3.8) is 0 Å². The third-order valence-electron chi connectivity index (χ3n) is 2.62. The number of hydrogen-bond donors (Lipinski definition) is 0. The van der Waals surface area contributed by atoms with E-state index in [0.29, 0.717) is 0 Å². The molecule has 0 saturated heterocycles. The standard InChI is InChI=1S/C14H15N/c1-11-5-3-4-6-14(11)10-13-7-8-15-12(2)9-13/h3-9H,10H2,1-2H3. The fraction of sp³-hybridized carbons (Fsp3) is 0.214. The Morgan fingerprint density at radius 1 is 1.07 bits per heavy atom. The highest BCUT2D eigenvalue weighted by Gasteiger charge is 1.99. The predicted molar refractivity (Wildman–Crippen MR) is 63.0 cm³/mol. The fourth-order valence-corrected chi connectivity index (χ4v) is 1.74. The average molecular weight is 197 g/mol. The predicted octanol–water partition coefficient (Wildman–Crippen LogP) is 3.29. The lowest BCUT2D eigenvalue weighted by Gasteiger charge is -2.05. The van der Waals surface area contributed by atoms with Gasteiger partial charge in [0.05, 0.1) is 0 Å². The molecule has 2 rings (SSSR count). The Hall–Kier alpha value is -1.63. The minimum absolute atomic E-state index is 0.996. The highest BCUT2D eigenvalue weighted by molar-refractivity contribution is 5.31. The second-order valence-corrected chi connectivity index (χ2v) is 3.91. The van der Waals surface area contributed by atoms with Gasteiger partial charge in [-0.25, -0.2) is 0 Å². The monoisotopic (exact) mass is 197 g/mol. The van der Waals surface area contributed by atoms with Crippen molar-refractivity contribution in [2.45, 2.75) is 20.3 Å². The molecule has 0 amide bonds. The van der Waals surface area contributed by atoms with Crippen molar-refractivity contribution in [1.82, 2.24) is 4.98 Å². The molecule has 15 heavy (non-hydrogen) atoms. The van der Waals surface area contributed by atoms with Gasteiger partial charge in [0.15, 0.2) is 0 Å². The lowest BCUT2D eigenvalue weighted by atomic mass is 10.0. The molecular weight excluding hydrogens is 182 g/mol. The van der Waals surface area contributed by atoms with Gasteiger partial charge >= 0.3 is 0 Å². The van der Waals surface area contributed by atoms with Crippen molar-refractivity contribution in [3.8, 4) is 0 Å². The normalized spacial score (nSPS) is 10.3. The summed E-state index contributed by atoms with van der Waals surface area (Å²) in [5.41, 5.74) is 5.16. The van der Waals surface area contributed by atoms with E-state index >= 15 is 0 Å². The van der Waals surface area contributed by atoms with E-state index in [0.717, 1.165) is 12.1 Å². The van der Waals surface area contributed by atoms with Crippen LogP contribution < -0.4 is 0 Å². The first-order valence-corrected chi connectivity index (χ1v) is 5.22. The van der Waals surface area contributed by atoms with Crippen LogP contribution in [-0.4, -0.2) is 4.98 Å². The Balaban J connectivity index is 2.26. The molecule has 1 heteroatoms. The van der Waals surface area contributed by atoms with Crippen LogP contribution in [0, 0.1) is 13.8 Å². The summed E-state index contributed by atoms with van der Waals surface area (Å²) >= 11 is 0. The highest BCUT2D eigenvalue weighted by Crippen LogP contribution is 2.13. The van der Waals surface area contributed by atoms with Crippen LogP contribution in [0.2, 0.25) is 0 Å². The van der Waals surface area contributed by atoms with Crippen molar-refractivity contribution < 1.29 is 0 Å². The summed E-state index contributed by atoms with van der Waals surface area (Å²) in [7, 11) is 0. The zero-order valence-electron chi connectivity index (χ0n) is 9.20. The third-order valence-corrected chi connectivity index (χ3v) is 2.62. The summed E-state index contributed by atoms with van der Waals surface area (Å²) in [5.74, 6) is 0. The average Bonchev–Trinajstić information content (AvgIpc) is 2.22. The maximum atomic E-state index is 4.20. The Bertz CT molecular complexity index is 460. The number of rotatable bonds is 2. The van der Waals surface area contributed by atoms with Crippen LogP contribution >= 0.6 is 0 Å². The molecule has 0 saturated carbocycles. The molecule has 0 N–H and O–H groups in total. The molecule has 0 unspecified atom stereocenters. The van der Waals surface area contributed by atoms with Gasteiger partial charge in [-0.15, -0.1) is 0 Å². The molecule has 0 bridgehead atoms. The van der Waals surface area contributed by atoms with Gasteiger partial charge in [0.25, 0.3) is 0 Å². The number of nitrogens with zero attached hydrogens (tertiary/aromatic N) is 1. The third kappa shape index (κ3) is 2.44. The quantitative estimate of drug-likeness (QED) is 0.720. The van der Waals surface area contributed by atoms with Gasteiger partial charge in [-0.2, -0.15) is 0 Å². The van der Waals surface area contributed by atoms with E-state index in [1.54, 1.807) is 0 Å². The molecule has 2 aromatic rings. The molecule has 76 valence electrons. The molecule has 1 heterocycles. The number of pyridine rings is 1. The van der Waals surface area contributed by atoms with E-state index in [4.69, 9.17) is 0 Å². The van der Waals surface area contributed by atoms with Crippen molar-refractivity contribution in [2.24, 2.45) is 0 Å². The maximum Gasteiger partial charge on any atom is 0.0375 e. The first-order valence-electron chi connectivity index (χ1n) is 5.22. The minimum Gasteiger partial charge on any atom is -0.262 e. The molecule has 1 nitrogen and oxygen atoms in total. The molecule has 0 spiro atoms. The Morgan fingerprint density at radius 2 is 1.87 bits per heavy atom. The van der Waals surface area contributed by atoms with Gasteiger partial charge in [-0.1, -0.05) is 24.3 Å². The van der Waals surface area contributed by atoms with E-state index in [1.165, 1.54) is 16.7 Å². The lowest BCUT2D eigenvalue weighted by molar-refractivity contribution is 1.10. The second kappa shape index (κ2) is 4.26. The summed E-state index contributed by atoms with van der Waals surface area (Å²) < 4.78 is 0. The number of hydrogen-bond acceptors (Lipinski definition) is 1. The fourth-order valence-electron chi connectivity index (χ4n) is 1.74. The van der Waals surface area contributed by atoms with Gasteiger partial charge in [0, 0.05) is 11.9 Å². The van der Waals surface area contributed by atoms with Gasteiger partial charge in [0.2, 0.25) is 0 Å². The van der Waals surface area contributed by atoms with Crippen LogP contribution in [-0.2, 0) is 6.42 Å². The maximum absolute atomic E-state index is 4.20. The summed E-state index contributed by atoms with van der Waals surface area (Å²) in [6, 6.07) is 12.7. The summed E-state index contributed by atoms with van der Waals surface area (Å²) in [6.45, 7) is 4.19. The summed E-state index contributed by atoms with van der Waals surface area (Å²) in [6.07, 6.45) is 2.87. The van der Waals surface area contributed by atoms with E-state index in [2.05, 4.69) is 48.3 Å². The number of aromatic nitrogens is 1. The zero-order chi connectivity index (χ0) is 10.7. The second-order valence-electron chi connectivity index (χ2n) is 3.91. The largest absolute Gasteiger partial charge is 0.262 e. The molecule has 0 atom stereocenters. The minimum atomic E-state index is 0.996. The van der Waals surface area contributed by atoms with Crippen molar-refractivity contribution in [2.75, 3.05) is 0 Å². The molecule has 0 fully saturated rings. The zero-order valence-corrected chi connectivity index (χ0v) is 9.20. The van der Waals surface area contributed by atoms with Crippen LogP contribution in [0.1, 0.15) is 22.4 Å². The van der Waals surface area contributed by atoms with Crippen molar-refractivity contribution in [3.05, 3.63) is 65.0 Å². The van der Waals surface area contributed by atoms with Gasteiger partial charge in [0.1, 0.15) is 0 Å². The topological polar surface area (TPSA) is 12.9 Å². The van der Waals surface area contributed by atoms with Crippen LogP contribution in [0.25, 0.3) is 0 Å². The van der Waals surface area contributed by atoms with Gasteiger partial charge in [-0.3, -0.25) is 4.98 Å². The van der Waals surface area contributed by atoms with Gasteiger partial charge in [-0.05, 0) is 49.1 Å². The van der Waals surface area contributed by atoms with E-state index in [9.17, 15) is 0 Å². The summed E-state index contributed by atoms with van der Waals surface area (Å²) in [5, 5.41) is 0. The molecular formula is C14H15N. The summed E-state index contributed by atoms with van der Waals surface area (Å²) in [4.78, 5) is 4.20. The highest BCUT2D eigenvalue weighted by atomic mass is 14.6. The van der Waals surface area contributed by atoms with Crippen LogP contribution in [0.4, 0.5) is 0 Å². The first-order chi connectivity index (χ1) is 7.25. The Morgan fingerprint density at radius 3 is 2.60 bits per heavy atom. The van der Waals surface area contributed by atoms with Gasteiger partial charge < -0.3 is 0 Å². The van der Waals surface area contributed by atoms with E-state index in [1.807, 2.05) is 13.1 Å². The number of aryl methyl sites for hydroxylation is 2. The lowest BCUT2D eigenvalue weighted by Crippen LogP contribution is -1.92. The first kappa shape index (κ1) is 9.91. The van der Waals surface area contributed by atoms with Crippen LogP contribution in [0.3, 0.4) is 0 Å². The van der Waals surface area contributed by atoms with Crippen molar-refractivity contribution in [1.29, 1.82) is 0 Å². The Labute approximate surface area is 90.8 Å².